The van der Waals surface area contributed by atoms with Gasteiger partial charge in [-0.05, 0) is 80.6 Å². The molecule has 2 atom stereocenters. The number of anilines is 3. The molecule has 0 saturated carbocycles. The molecule has 0 radical (unpaired) electrons. The first-order valence-corrected chi connectivity index (χ1v) is 21.7. The number of imide groups is 1. The van der Waals surface area contributed by atoms with E-state index in [0.717, 1.165) is 118 Å². The van der Waals surface area contributed by atoms with Crippen LogP contribution in [0.1, 0.15) is 48.3 Å². The summed E-state index contributed by atoms with van der Waals surface area (Å²) in [5.41, 5.74) is 5.61. The molecule has 16 heteroatoms. The van der Waals surface area contributed by atoms with Gasteiger partial charge < -0.3 is 25.2 Å². The molecule has 3 amide bonds. The zero-order valence-corrected chi connectivity index (χ0v) is 34.8. The molecule has 6 aromatic rings. The van der Waals surface area contributed by atoms with Crippen LogP contribution in [0.2, 0.25) is 0 Å². The highest BCUT2D eigenvalue weighted by Gasteiger charge is 2.34. The molecule has 60 heavy (non-hydrogen) atoms. The quantitative estimate of drug-likeness (QED) is 0.191. The van der Waals surface area contributed by atoms with E-state index >= 15 is 0 Å². The molecule has 4 aliphatic heterocycles. The molecule has 0 bridgehead atoms. The van der Waals surface area contributed by atoms with Gasteiger partial charge in [-0.15, -0.1) is 11.3 Å². The third-order valence-corrected chi connectivity index (χ3v) is 14.0. The number of nitrogens with zero attached hydrogens (tertiary/aromatic N) is 7. The predicted octanol–water partition coefficient (Wildman–Crippen LogP) is 4.73. The Morgan fingerprint density at radius 1 is 0.900 bits per heavy atom. The minimum absolute atomic E-state index is 0.0300. The fourth-order valence-electron chi connectivity index (χ4n) is 9.61. The minimum atomic E-state index is -0.737. The number of fused-ring (bicyclic) bond motifs is 6. The molecule has 2 aromatic carbocycles. The van der Waals surface area contributed by atoms with Crippen molar-refractivity contribution in [1.29, 1.82) is 0 Å². The molecule has 4 aromatic heterocycles. The molecule has 310 valence electrons. The molecule has 8 heterocycles. The number of aromatic nitrogens is 4. The van der Waals surface area contributed by atoms with Gasteiger partial charge >= 0.3 is 5.69 Å². The number of nitrogens with one attached hydrogen (secondary N) is 3. The average Bonchev–Trinajstić information content (AvgIpc) is 3.72. The smallest absolute Gasteiger partial charge is 0.329 e. The van der Waals surface area contributed by atoms with Crippen LogP contribution in [0.4, 0.5) is 17.2 Å². The van der Waals surface area contributed by atoms with E-state index in [1.165, 1.54) is 15.9 Å². The van der Waals surface area contributed by atoms with Gasteiger partial charge in [-0.2, -0.15) is 0 Å². The third-order valence-electron chi connectivity index (χ3n) is 12.8. The van der Waals surface area contributed by atoms with Crippen molar-refractivity contribution in [2.75, 3.05) is 74.6 Å². The summed E-state index contributed by atoms with van der Waals surface area (Å²) >= 11 is 1.52. The number of methoxy groups -OCH3 is 1. The molecule has 3 saturated heterocycles. The molecular formula is C44H48N10O5S. The largest absolute Gasteiger partial charge is 0.494 e. The lowest BCUT2D eigenvalue weighted by Gasteiger charge is -2.40. The summed E-state index contributed by atoms with van der Waals surface area (Å²) in [6.07, 6.45) is 4.44. The maximum absolute atomic E-state index is 13.6. The number of piperidine rings is 2. The van der Waals surface area contributed by atoms with Gasteiger partial charge in [0.2, 0.25) is 11.8 Å². The third kappa shape index (κ3) is 6.61. The Labute approximate surface area is 350 Å². The van der Waals surface area contributed by atoms with E-state index < -0.39 is 11.9 Å². The normalized spacial score (nSPS) is 20.6. The van der Waals surface area contributed by atoms with Gasteiger partial charge in [0.1, 0.15) is 28.2 Å². The van der Waals surface area contributed by atoms with Crippen LogP contribution in [0.3, 0.4) is 0 Å². The number of hydrogen-bond donors (Lipinski definition) is 3. The van der Waals surface area contributed by atoms with Crippen molar-refractivity contribution in [2.24, 2.45) is 13.0 Å². The predicted molar refractivity (Wildman–Crippen MR) is 235 cm³/mol. The number of ether oxygens (including phenoxy) is 1. The number of piperazine rings is 1. The van der Waals surface area contributed by atoms with Crippen molar-refractivity contribution in [2.45, 2.75) is 44.7 Å². The zero-order valence-electron chi connectivity index (χ0n) is 34.0. The van der Waals surface area contributed by atoms with Crippen LogP contribution in [0.25, 0.3) is 43.3 Å². The molecule has 4 aliphatic rings. The van der Waals surface area contributed by atoms with Gasteiger partial charge in [0.15, 0.2) is 0 Å². The fourth-order valence-corrected chi connectivity index (χ4v) is 10.7. The number of amides is 3. The highest BCUT2D eigenvalue weighted by atomic mass is 32.1. The van der Waals surface area contributed by atoms with E-state index in [0.29, 0.717) is 30.1 Å². The highest BCUT2D eigenvalue weighted by molar-refractivity contribution is 7.21. The number of pyridine rings is 2. The second-order valence-corrected chi connectivity index (χ2v) is 17.6. The number of aryl methyl sites for hydroxylation is 1. The summed E-state index contributed by atoms with van der Waals surface area (Å²) in [7, 11) is 3.39. The fraction of sp³-hybridized carbons (Fsp3) is 0.409. The summed E-state index contributed by atoms with van der Waals surface area (Å²) in [6, 6.07) is 15.5. The number of carbonyl (C=O) groups is 3. The monoisotopic (exact) mass is 828 g/mol. The first-order chi connectivity index (χ1) is 29.1. The van der Waals surface area contributed by atoms with Gasteiger partial charge in [0.25, 0.3) is 5.91 Å². The Bertz CT molecular complexity index is 2740. The van der Waals surface area contributed by atoms with Crippen LogP contribution in [0.15, 0.2) is 59.5 Å². The van der Waals surface area contributed by atoms with Crippen LogP contribution in [-0.4, -0.2) is 107 Å². The number of benzene rings is 2. The number of carbonyl (C=O) groups excluding carboxylic acids is 3. The molecule has 10 rings (SSSR count). The minimum Gasteiger partial charge on any atom is -0.494 e. The van der Waals surface area contributed by atoms with Crippen LogP contribution < -0.4 is 36.2 Å². The Kier molecular flexibility index (Phi) is 9.70. The Balaban J connectivity index is 0.771. The number of imidazole rings is 1. The molecule has 15 nitrogen and oxygen atoms in total. The SMILES string of the molecule is COc1ccc2c(c1N1CCC(CN3CCN(c4ccc(-c5ccc6c(ccc7sc8c(c76)NC[C@@H](C)NC8=O)n5)cn4)CC3)CC1)n(C)c(=O)n2C1CCC(=O)NC1=O. The van der Waals surface area contributed by atoms with Crippen LogP contribution in [-0.2, 0) is 16.6 Å². The lowest BCUT2D eigenvalue weighted by Crippen LogP contribution is -2.49. The second-order valence-electron chi connectivity index (χ2n) is 16.5. The van der Waals surface area contributed by atoms with Gasteiger partial charge in [0.05, 0.1) is 35.0 Å². The maximum atomic E-state index is 13.6. The van der Waals surface area contributed by atoms with Crippen LogP contribution in [0.5, 0.6) is 5.75 Å². The molecule has 0 spiro atoms. The molecular weight excluding hydrogens is 781 g/mol. The van der Waals surface area contributed by atoms with Crippen molar-refractivity contribution in [3.8, 4) is 17.0 Å². The van der Waals surface area contributed by atoms with Crippen molar-refractivity contribution in [1.82, 2.24) is 34.6 Å². The lowest BCUT2D eigenvalue weighted by molar-refractivity contribution is -0.135. The lowest BCUT2D eigenvalue weighted by atomic mass is 9.95. The van der Waals surface area contributed by atoms with Crippen molar-refractivity contribution in [3.63, 3.8) is 0 Å². The van der Waals surface area contributed by atoms with Crippen molar-refractivity contribution < 1.29 is 19.1 Å². The van der Waals surface area contributed by atoms with Gasteiger partial charge in [-0.3, -0.25) is 33.7 Å². The average molecular weight is 829 g/mol. The summed E-state index contributed by atoms with van der Waals surface area (Å²) in [6.45, 7) is 9.12. The second kappa shape index (κ2) is 15.2. The summed E-state index contributed by atoms with van der Waals surface area (Å²) in [5.74, 6) is 1.44. The topological polar surface area (TPSA) is 159 Å². The number of rotatable bonds is 7. The van der Waals surface area contributed by atoms with Crippen LogP contribution in [0, 0.1) is 5.92 Å². The van der Waals surface area contributed by atoms with Crippen LogP contribution >= 0.6 is 11.3 Å². The Hall–Kier alpha value is -6.00. The standard InChI is InChI=1S/C44H48N10O5S/c1-25-22-46-38-37-28-5-6-29(48-30(28)7-11-34(37)60-41(38)43(57)47-25)27-4-12-35(45-23-27)52-20-18-51(19-21-52)24-26-14-16-53(17-15-26)40-33(59-3)10-8-31-39(40)50(2)44(58)54(31)32-9-13-36(55)49-42(32)56/h4-8,10-12,23,25-26,32,46H,9,13-22,24H2,1-3H3,(H,47,57)(H,49,55,56)/t25-,32?/m1/s1. The Morgan fingerprint density at radius 3 is 2.47 bits per heavy atom. The van der Waals surface area contributed by atoms with E-state index in [9.17, 15) is 19.2 Å². The molecule has 3 N–H and O–H groups in total. The summed E-state index contributed by atoms with van der Waals surface area (Å²) in [4.78, 5) is 69.0. The van der Waals surface area contributed by atoms with E-state index in [4.69, 9.17) is 14.7 Å². The zero-order chi connectivity index (χ0) is 41.2. The Morgan fingerprint density at radius 2 is 1.72 bits per heavy atom. The van der Waals surface area contributed by atoms with Crippen molar-refractivity contribution >= 4 is 78.3 Å². The molecule has 3 fully saturated rings. The van der Waals surface area contributed by atoms with Gasteiger partial charge in [-0.1, -0.05) is 0 Å². The number of hydrogen-bond acceptors (Lipinski definition) is 12. The van der Waals surface area contributed by atoms with Gasteiger partial charge in [0, 0.05) is 99.1 Å². The van der Waals surface area contributed by atoms with E-state index in [-0.39, 0.29) is 30.0 Å². The molecule has 0 aliphatic carbocycles. The highest BCUT2D eigenvalue weighted by Crippen LogP contribution is 2.42. The molecule has 1 unspecified atom stereocenters. The summed E-state index contributed by atoms with van der Waals surface area (Å²) < 4.78 is 10.1. The first-order valence-electron chi connectivity index (χ1n) is 20.9. The van der Waals surface area contributed by atoms with Gasteiger partial charge in [-0.25, -0.2) is 14.8 Å². The number of thiophene rings is 1. The van der Waals surface area contributed by atoms with Crippen molar-refractivity contribution in [3.05, 3.63) is 70.1 Å². The first kappa shape index (κ1) is 38.2. The van der Waals surface area contributed by atoms with E-state index in [1.807, 2.05) is 37.4 Å². The van der Waals surface area contributed by atoms with E-state index in [2.05, 4.69) is 54.9 Å². The maximum Gasteiger partial charge on any atom is 0.329 e. The van der Waals surface area contributed by atoms with E-state index in [1.54, 1.807) is 18.7 Å². The summed E-state index contributed by atoms with van der Waals surface area (Å²) in [5, 5.41) is 11.1.